The first-order chi connectivity index (χ1) is 16.5. The van der Waals surface area contributed by atoms with E-state index < -0.39 is 53.9 Å². The number of halogens is 3. The monoisotopic (exact) mass is 497 g/mol. The number of carbonyl (C=O) groups is 4. The lowest BCUT2D eigenvalue weighted by atomic mass is 9.90. The molecule has 0 aromatic rings. The van der Waals surface area contributed by atoms with Gasteiger partial charge in [-0.15, -0.1) is 0 Å². The number of amides is 4. The van der Waals surface area contributed by atoms with E-state index in [-0.39, 0.29) is 36.6 Å². The van der Waals surface area contributed by atoms with Crippen LogP contribution in [0, 0.1) is 40.9 Å². The summed E-state index contributed by atoms with van der Waals surface area (Å²) in [5.74, 6) is -4.50. The predicted molar refractivity (Wildman–Crippen MR) is 115 cm³/mol. The van der Waals surface area contributed by atoms with E-state index in [0.717, 1.165) is 12.8 Å². The molecule has 3 N–H and O–H groups in total. The number of hydrogen-bond donors (Lipinski definition) is 3. The minimum Gasteiger partial charge on any atom is -0.356 e. The second-order valence-corrected chi connectivity index (χ2v) is 10.3. The molecule has 2 aliphatic carbocycles. The van der Waals surface area contributed by atoms with Crippen molar-refractivity contribution >= 4 is 23.6 Å². The number of nitrogens with zero attached hydrogens (tertiary/aromatic N) is 2. The van der Waals surface area contributed by atoms with Crippen molar-refractivity contribution in [2.24, 2.45) is 29.6 Å². The zero-order valence-electron chi connectivity index (χ0n) is 19.4. The van der Waals surface area contributed by atoms with Crippen molar-refractivity contribution in [2.45, 2.75) is 69.8 Å². The van der Waals surface area contributed by atoms with E-state index >= 15 is 0 Å². The van der Waals surface area contributed by atoms with Gasteiger partial charge in [0.15, 0.2) is 0 Å². The third kappa shape index (κ3) is 5.23. The Kier molecular flexibility index (Phi) is 6.97. The largest absolute Gasteiger partial charge is 0.471 e. The van der Waals surface area contributed by atoms with Crippen molar-refractivity contribution in [3.8, 4) is 6.07 Å². The first-order valence-corrected chi connectivity index (χ1v) is 12.2. The van der Waals surface area contributed by atoms with Crippen LogP contribution in [0.15, 0.2) is 0 Å². The lowest BCUT2D eigenvalue weighted by molar-refractivity contribution is -0.175. The molecule has 2 aliphatic heterocycles. The van der Waals surface area contributed by atoms with Crippen molar-refractivity contribution in [1.82, 2.24) is 20.9 Å². The number of likely N-dealkylation sites (tertiary alicyclic amines) is 1. The van der Waals surface area contributed by atoms with Gasteiger partial charge < -0.3 is 20.9 Å². The number of carbonyl (C=O) groups excluding carboxylic acids is 4. The lowest BCUT2D eigenvalue weighted by Crippen LogP contribution is -2.57. The molecule has 7 atom stereocenters. The zero-order chi connectivity index (χ0) is 25.5. The first kappa shape index (κ1) is 25.3. The van der Waals surface area contributed by atoms with Crippen LogP contribution >= 0.6 is 0 Å². The Morgan fingerprint density at radius 2 is 1.91 bits per heavy atom. The van der Waals surface area contributed by atoms with Crippen molar-refractivity contribution in [3.05, 3.63) is 0 Å². The number of fused-ring (bicyclic) bond motifs is 1. The summed E-state index contributed by atoms with van der Waals surface area (Å²) in [5, 5.41) is 16.9. The molecule has 9 nitrogen and oxygen atoms in total. The lowest BCUT2D eigenvalue weighted by Gasteiger charge is -2.31. The molecule has 4 aliphatic rings. The van der Waals surface area contributed by atoms with Gasteiger partial charge in [-0.3, -0.25) is 19.2 Å². The molecule has 2 saturated carbocycles. The van der Waals surface area contributed by atoms with Crippen molar-refractivity contribution < 1.29 is 32.3 Å². The van der Waals surface area contributed by atoms with Gasteiger partial charge >= 0.3 is 12.1 Å². The molecular weight excluding hydrogens is 467 g/mol. The van der Waals surface area contributed by atoms with Gasteiger partial charge in [0.1, 0.15) is 18.1 Å². The van der Waals surface area contributed by atoms with Gasteiger partial charge in [0.2, 0.25) is 17.7 Å². The summed E-state index contributed by atoms with van der Waals surface area (Å²) < 4.78 is 38.6. The van der Waals surface area contributed by atoms with Crippen LogP contribution in [0.1, 0.15) is 45.4 Å². The molecule has 0 unspecified atom stereocenters. The molecule has 0 aromatic carbocycles. The highest BCUT2D eigenvalue weighted by Gasteiger charge is 2.53. The van der Waals surface area contributed by atoms with Gasteiger partial charge in [0.05, 0.1) is 6.07 Å². The third-order valence-electron chi connectivity index (χ3n) is 7.93. The van der Waals surface area contributed by atoms with Gasteiger partial charge in [0.25, 0.3) is 0 Å². The Bertz CT molecular complexity index is 931. The summed E-state index contributed by atoms with van der Waals surface area (Å²) in [6, 6.07) is -1.19. The van der Waals surface area contributed by atoms with E-state index in [2.05, 4.69) is 10.6 Å². The number of nitrogens with one attached hydrogen (secondary N) is 3. The van der Waals surface area contributed by atoms with E-state index in [1.54, 1.807) is 0 Å². The average Bonchev–Trinajstić information content (AvgIpc) is 3.30. The van der Waals surface area contributed by atoms with Crippen LogP contribution < -0.4 is 16.0 Å². The number of hydrogen-bond acceptors (Lipinski definition) is 5. The Labute approximate surface area is 201 Å². The van der Waals surface area contributed by atoms with Gasteiger partial charge in [0, 0.05) is 19.0 Å². The zero-order valence-corrected chi connectivity index (χ0v) is 19.4. The fraction of sp³-hybridized carbons (Fsp3) is 0.783. The van der Waals surface area contributed by atoms with E-state index in [9.17, 15) is 37.6 Å². The summed E-state index contributed by atoms with van der Waals surface area (Å²) in [5.41, 5.74) is 0. The number of nitriles is 1. The second kappa shape index (κ2) is 9.66. The Morgan fingerprint density at radius 1 is 1.20 bits per heavy atom. The average molecular weight is 498 g/mol. The summed E-state index contributed by atoms with van der Waals surface area (Å²) >= 11 is 0. The van der Waals surface area contributed by atoms with E-state index in [0.29, 0.717) is 25.8 Å². The van der Waals surface area contributed by atoms with Crippen LogP contribution in [0.25, 0.3) is 0 Å². The summed E-state index contributed by atoms with van der Waals surface area (Å²) in [6.45, 7) is 2.61. The van der Waals surface area contributed by atoms with Gasteiger partial charge in [-0.2, -0.15) is 18.4 Å². The normalized spacial score (nSPS) is 31.8. The van der Waals surface area contributed by atoms with Gasteiger partial charge in [-0.05, 0) is 55.8 Å². The summed E-state index contributed by atoms with van der Waals surface area (Å²) in [7, 11) is 0. The second-order valence-electron chi connectivity index (χ2n) is 10.3. The fourth-order valence-electron chi connectivity index (χ4n) is 5.87. The Hall–Kier alpha value is -2.84. The Morgan fingerprint density at radius 3 is 2.49 bits per heavy atom. The molecule has 2 saturated heterocycles. The SMILES string of the molecule is C[C@H]1CNC(=O)[C@@H]1C[C@@H](C#N)NC(=O)[C@@H]1[C@H]2CCC[C@H]2CN1C(=O)[C@@H](NC(=O)C(F)(F)F)C1CC1. The highest BCUT2D eigenvalue weighted by Crippen LogP contribution is 2.44. The summed E-state index contributed by atoms with van der Waals surface area (Å²) in [4.78, 5) is 51.7. The molecule has 0 radical (unpaired) electrons. The maximum atomic E-state index is 13.4. The van der Waals surface area contributed by atoms with E-state index in [4.69, 9.17) is 0 Å². The number of alkyl halides is 3. The van der Waals surface area contributed by atoms with Crippen LogP contribution in [0.3, 0.4) is 0 Å². The minimum absolute atomic E-state index is 0.00978. The molecule has 0 aromatic heterocycles. The van der Waals surface area contributed by atoms with E-state index in [1.165, 1.54) is 4.90 Å². The van der Waals surface area contributed by atoms with Gasteiger partial charge in [-0.25, -0.2) is 0 Å². The maximum Gasteiger partial charge on any atom is 0.471 e. The van der Waals surface area contributed by atoms with Crippen LogP contribution in [0.4, 0.5) is 13.2 Å². The molecule has 192 valence electrons. The molecule has 2 heterocycles. The molecule has 12 heteroatoms. The molecule has 4 fully saturated rings. The smallest absolute Gasteiger partial charge is 0.356 e. The highest BCUT2D eigenvalue weighted by atomic mass is 19.4. The van der Waals surface area contributed by atoms with Crippen LogP contribution in [0.2, 0.25) is 0 Å². The third-order valence-corrected chi connectivity index (χ3v) is 7.93. The topological polar surface area (TPSA) is 131 Å². The molecule has 0 spiro atoms. The molecule has 4 rings (SSSR count). The van der Waals surface area contributed by atoms with Crippen molar-refractivity contribution in [1.29, 1.82) is 5.26 Å². The minimum atomic E-state index is -5.12. The molecular formula is C23H30F3N5O4. The number of rotatable bonds is 7. The maximum absolute atomic E-state index is 13.4. The first-order valence-electron chi connectivity index (χ1n) is 12.2. The van der Waals surface area contributed by atoms with Crippen molar-refractivity contribution in [3.63, 3.8) is 0 Å². The van der Waals surface area contributed by atoms with E-state index in [1.807, 2.05) is 18.3 Å². The predicted octanol–water partition coefficient (Wildman–Crippen LogP) is 0.851. The Balaban J connectivity index is 1.49. The van der Waals surface area contributed by atoms with Crippen LogP contribution in [-0.2, 0) is 19.2 Å². The highest BCUT2D eigenvalue weighted by molar-refractivity contribution is 5.94. The van der Waals surface area contributed by atoms with Crippen LogP contribution in [-0.4, -0.2) is 65.9 Å². The standard InChI is InChI=1S/C23H30F3N5O4/c1-11-9-28-19(32)16(11)7-14(8-27)29-20(33)18-15-4-2-3-13(15)10-31(18)21(34)17(12-5-6-12)30-22(35)23(24,25)26/h11-18H,2-7,9-10H2,1H3,(H,28,32)(H,29,33)(H,30,35)/t11-,13-,14-,15-,16+,17-,18-/m0/s1. The quantitative estimate of drug-likeness (QED) is 0.480. The molecule has 0 bridgehead atoms. The molecule has 4 amide bonds. The van der Waals surface area contributed by atoms with Crippen LogP contribution in [0.5, 0.6) is 0 Å². The fourth-order valence-corrected chi connectivity index (χ4v) is 5.87. The van der Waals surface area contributed by atoms with Crippen molar-refractivity contribution in [2.75, 3.05) is 13.1 Å². The van der Waals surface area contributed by atoms with Gasteiger partial charge in [-0.1, -0.05) is 13.3 Å². The summed E-state index contributed by atoms with van der Waals surface area (Å²) in [6.07, 6.45) is -1.59. The molecule has 35 heavy (non-hydrogen) atoms.